The zero-order valence-corrected chi connectivity index (χ0v) is 20.8. The number of fused-ring (bicyclic) bond motifs is 1. The third kappa shape index (κ3) is 4.78. The molecule has 0 aliphatic heterocycles. The van der Waals surface area contributed by atoms with Crippen LogP contribution in [0.15, 0.2) is 71.8 Å². The average Bonchev–Trinajstić information content (AvgIpc) is 3.32. The van der Waals surface area contributed by atoms with E-state index in [4.69, 9.17) is 18.9 Å². The first kappa shape index (κ1) is 24.4. The lowest BCUT2D eigenvalue weighted by atomic mass is 9.90. The smallest absolute Gasteiger partial charge is 0.240 e. The largest absolute Gasteiger partial charge is 0.493 e. The van der Waals surface area contributed by atoms with E-state index in [0.29, 0.717) is 23.0 Å². The molecule has 0 spiro atoms. The standard InChI is InChI=1S/C26H28N2O6S/c1-31-23-13-12-17(14-25(23)33-3)35(29,30)28-16-21(19-9-7-11-24(32-2)26(19)34-4)20-15-27-22-10-6-5-8-18(20)22/h5-15,21,27-28H,16H2,1-4H3/t21-/m0/s1. The van der Waals surface area contributed by atoms with Crippen molar-refractivity contribution in [2.45, 2.75) is 10.8 Å². The monoisotopic (exact) mass is 496 g/mol. The molecule has 184 valence electrons. The fourth-order valence-corrected chi connectivity index (χ4v) is 5.28. The molecule has 4 rings (SSSR count). The zero-order chi connectivity index (χ0) is 25.0. The summed E-state index contributed by atoms with van der Waals surface area (Å²) in [5, 5.41) is 0.993. The predicted molar refractivity (Wildman–Crippen MR) is 134 cm³/mol. The van der Waals surface area contributed by atoms with Crippen LogP contribution in [0.3, 0.4) is 0 Å². The van der Waals surface area contributed by atoms with E-state index in [1.165, 1.54) is 26.4 Å². The van der Waals surface area contributed by atoms with Gasteiger partial charge in [0.25, 0.3) is 0 Å². The molecule has 0 bridgehead atoms. The normalized spacial score (nSPS) is 12.3. The Morgan fingerprint density at radius 1 is 0.800 bits per heavy atom. The van der Waals surface area contributed by atoms with E-state index in [1.54, 1.807) is 20.3 Å². The second-order valence-corrected chi connectivity index (χ2v) is 9.56. The Kier molecular flexibility index (Phi) is 7.18. The van der Waals surface area contributed by atoms with Crippen LogP contribution in [-0.4, -0.2) is 48.4 Å². The van der Waals surface area contributed by atoms with Gasteiger partial charge in [0.05, 0.1) is 33.3 Å². The van der Waals surface area contributed by atoms with E-state index in [1.807, 2.05) is 48.7 Å². The van der Waals surface area contributed by atoms with Gasteiger partial charge in [-0.3, -0.25) is 0 Å². The Morgan fingerprint density at radius 3 is 2.26 bits per heavy atom. The van der Waals surface area contributed by atoms with E-state index in [0.717, 1.165) is 22.0 Å². The van der Waals surface area contributed by atoms with Crippen molar-refractivity contribution in [3.05, 3.63) is 78.0 Å². The van der Waals surface area contributed by atoms with Crippen LogP contribution in [-0.2, 0) is 10.0 Å². The molecule has 9 heteroatoms. The molecule has 0 fully saturated rings. The van der Waals surface area contributed by atoms with Crippen LogP contribution in [0.4, 0.5) is 0 Å². The summed E-state index contributed by atoms with van der Waals surface area (Å²) in [6, 6.07) is 18.0. The number of rotatable bonds is 10. The summed E-state index contributed by atoms with van der Waals surface area (Å²) in [7, 11) is 2.23. The number of H-pyrrole nitrogens is 1. The summed E-state index contributed by atoms with van der Waals surface area (Å²) < 4.78 is 51.0. The molecule has 3 aromatic carbocycles. The molecule has 0 saturated heterocycles. The highest BCUT2D eigenvalue weighted by atomic mass is 32.2. The zero-order valence-electron chi connectivity index (χ0n) is 20.0. The number of methoxy groups -OCH3 is 4. The second-order valence-electron chi connectivity index (χ2n) is 7.79. The maximum Gasteiger partial charge on any atom is 0.240 e. The van der Waals surface area contributed by atoms with Gasteiger partial charge in [-0.05, 0) is 29.8 Å². The van der Waals surface area contributed by atoms with Crippen molar-refractivity contribution in [2.24, 2.45) is 0 Å². The molecule has 0 aliphatic rings. The van der Waals surface area contributed by atoms with Crippen molar-refractivity contribution in [3.8, 4) is 23.0 Å². The summed E-state index contributed by atoms with van der Waals surface area (Å²) >= 11 is 0. The van der Waals surface area contributed by atoms with Gasteiger partial charge in [-0.25, -0.2) is 13.1 Å². The molecular weight excluding hydrogens is 468 g/mol. The Bertz CT molecular complexity index is 1430. The molecule has 35 heavy (non-hydrogen) atoms. The molecular formula is C26H28N2O6S. The number of ether oxygens (including phenoxy) is 4. The summed E-state index contributed by atoms with van der Waals surface area (Å²) in [6.07, 6.45) is 1.90. The molecule has 0 radical (unpaired) electrons. The van der Waals surface area contributed by atoms with Crippen molar-refractivity contribution in [1.29, 1.82) is 0 Å². The minimum atomic E-state index is -3.87. The van der Waals surface area contributed by atoms with E-state index < -0.39 is 10.0 Å². The van der Waals surface area contributed by atoms with Gasteiger partial charge in [0.1, 0.15) is 0 Å². The minimum Gasteiger partial charge on any atom is -0.493 e. The molecule has 0 unspecified atom stereocenters. The van der Waals surface area contributed by atoms with E-state index >= 15 is 0 Å². The Balaban J connectivity index is 1.76. The molecule has 1 aromatic heterocycles. The topological polar surface area (TPSA) is 98.9 Å². The number of para-hydroxylation sites is 2. The maximum absolute atomic E-state index is 13.3. The number of aromatic nitrogens is 1. The highest BCUT2D eigenvalue weighted by Crippen LogP contribution is 2.40. The van der Waals surface area contributed by atoms with E-state index in [2.05, 4.69) is 9.71 Å². The van der Waals surface area contributed by atoms with Gasteiger partial charge in [-0.15, -0.1) is 0 Å². The lowest BCUT2D eigenvalue weighted by molar-refractivity contribution is 0.350. The number of hydrogen-bond donors (Lipinski definition) is 2. The number of sulfonamides is 1. The van der Waals surface area contributed by atoms with Gasteiger partial charge in [-0.2, -0.15) is 0 Å². The van der Waals surface area contributed by atoms with Crippen molar-refractivity contribution in [1.82, 2.24) is 9.71 Å². The summed E-state index contributed by atoms with van der Waals surface area (Å²) in [6.45, 7) is 0.0854. The van der Waals surface area contributed by atoms with E-state index in [9.17, 15) is 8.42 Å². The Labute approximate surface area is 204 Å². The fourth-order valence-electron chi connectivity index (χ4n) is 4.22. The van der Waals surface area contributed by atoms with Crippen LogP contribution in [0.1, 0.15) is 17.0 Å². The molecule has 0 saturated carbocycles. The maximum atomic E-state index is 13.3. The fraction of sp³-hybridized carbons (Fsp3) is 0.231. The average molecular weight is 497 g/mol. The van der Waals surface area contributed by atoms with Crippen molar-refractivity contribution in [2.75, 3.05) is 35.0 Å². The van der Waals surface area contributed by atoms with Gasteiger partial charge in [-0.1, -0.05) is 30.3 Å². The summed E-state index contributed by atoms with van der Waals surface area (Å²) in [5.74, 6) is 1.53. The van der Waals surface area contributed by atoms with Crippen molar-refractivity contribution >= 4 is 20.9 Å². The van der Waals surface area contributed by atoms with Gasteiger partial charge in [0, 0.05) is 41.2 Å². The third-order valence-corrected chi connectivity index (χ3v) is 7.37. The van der Waals surface area contributed by atoms with Gasteiger partial charge >= 0.3 is 0 Å². The predicted octanol–water partition coefficient (Wildman–Crippen LogP) is 4.31. The molecule has 1 atom stereocenters. The SMILES string of the molecule is COc1ccc(S(=O)(=O)NC[C@@H](c2cccc(OC)c2OC)c2c[nH]c3ccccc23)cc1OC. The van der Waals surface area contributed by atoms with Crippen LogP contribution in [0, 0.1) is 0 Å². The summed E-state index contributed by atoms with van der Waals surface area (Å²) in [4.78, 5) is 3.36. The molecule has 8 nitrogen and oxygen atoms in total. The van der Waals surface area contributed by atoms with Crippen LogP contribution in [0.25, 0.3) is 10.9 Å². The van der Waals surface area contributed by atoms with Crippen LogP contribution < -0.4 is 23.7 Å². The quantitative estimate of drug-likeness (QED) is 0.339. The molecule has 1 heterocycles. The Morgan fingerprint density at radius 2 is 1.54 bits per heavy atom. The van der Waals surface area contributed by atoms with Gasteiger partial charge in [0.2, 0.25) is 10.0 Å². The van der Waals surface area contributed by atoms with Crippen LogP contribution in [0.2, 0.25) is 0 Å². The first-order chi connectivity index (χ1) is 16.9. The minimum absolute atomic E-state index is 0.0745. The summed E-state index contributed by atoms with van der Waals surface area (Å²) in [5.41, 5.74) is 2.69. The lowest BCUT2D eigenvalue weighted by Gasteiger charge is -2.22. The molecule has 2 N–H and O–H groups in total. The third-order valence-electron chi connectivity index (χ3n) is 5.95. The van der Waals surface area contributed by atoms with Crippen molar-refractivity contribution < 1.29 is 27.4 Å². The number of nitrogens with one attached hydrogen (secondary N) is 2. The number of benzene rings is 3. The lowest BCUT2D eigenvalue weighted by Crippen LogP contribution is -2.29. The molecule has 0 aliphatic carbocycles. The van der Waals surface area contributed by atoms with Crippen LogP contribution >= 0.6 is 0 Å². The first-order valence-electron chi connectivity index (χ1n) is 10.9. The van der Waals surface area contributed by atoms with Gasteiger partial charge in [0.15, 0.2) is 23.0 Å². The highest BCUT2D eigenvalue weighted by Gasteiger charge is 2.26. The van der Waals surface area contributed by atoms with E-state index in [-0.39, 0.29) is 17.4 Å². The number of hydrogen-bond acceptors (Lipinski definition) is 6. The Hall–Kier alpha value is -3.69. The highest BCUT2D eigenvalue weighted by molar-refractivity contribution is 7.89. The molecule has 4 aromatic rings. The van der Waals surface area contributed by atoms with Crippen LogP contribution in [0.5, 0.6) is 23.0 Å². The first-order valence-corrected chi connectivity index (χ1v) is 12.4. The number of aromatic amines is 1. The van der Waals surface area contributed by atoms with Crippen molar-refractivity contribution in [3.63, 3.8) is 0 Å². The second kappa shape index (κ2) is 10.3. The van der Waals surface area contributed by atoms with Gasteiger partial charge < -0.3 is 23.9 Å². The molecule has 0 amide bonds.